The van der Waals surface area contributed by atoms with Crippen LogP contribution in [0.5, 0.6) is 0 Å². The molecule has 0 heterocycles. The third-order valence-electron chi connectivity index (χ3n) is 0.269. The Morgan fingerprint density at radius 1 is 2.00 bits per heavy atom. The van der Waals surface area contributed by atoms with Gasteiger partial charge in [-0.2, -0.15) is 0 Å². The number of nitrogens with one attached hydrogen (secondary N) is 2. The van der Waals surface area contributed by atoms with Gasteiger partial charge in [0.05, 0.1) is 0 Å². The summed E-state index contributed by atoms with van der Waals surface area (Å²) >= 11 is 0.351. The van der Waals surface area contributed by atoms with Crippen molar-refractivity contribution in [2.45, 2.75) is 0 Å². The molecule has 0 fully saturated rings. The third-order valence-corrected chi connectivity index (χ3v) is 1.81. The van der Waals surface area contributed by atoms with Crippen LogP contribution in [0.2, 0.25) is 0 Å². The van der Waals surface area contributed by atoms with E-state index in [1.54, 1.807) is 0 Å². The zero-order valence-corrected chi connectivity index (χ0v) is 8.79. The maximum atomic E-state index is 6.46. The Morgan fingerprint density at radius 2 is 2.20 bits per heavy atom. The molecular weight excluding hydrogens is 173 g/mol. The quantitative estimate of drug-likeness (QED) is 0.224. The second-order valence-corrected chi connectivity index (χ2v) is 2.09. The predicted molar refractivity (Wildman–Crippen MR) is 25.0 cm³/mol. The van der Waals surface area contributed by atoms with Crippen LogP contribution in [0.25, 0.3) is 0 Å². The van der Waals surface area contributed by atoms with Crippen molar-refractivity contribution in [2.75, 3.05) is 0 Å². The minimum atomic E-state index is 0.0980. The number of nitrogens with two attached hydrogens (primary N) is 1. The van der Waals surface area contributed by atoms with Crippen LogP contribution in [0.15, 0.2) is 0 Å². The van der Waals surface area contributed by atoms with E-state index in [4.69, 9.17) is 11.1 Å². The predicted octanol–water partition coefficient (Wildman–Crippen LogP) is -2.25. The van der Waals surface area contributed by atoms with Crippen LogP contribution in [0, 0.1) is 5.41 Å². The van der Waals surface area contributed by atoms with Gasteiger partial charge in [-0.25, -0.2) is 0 Å². The zero-order chi connectivity index (χ0) is 4.28. The fraction of sp³-hybridized carbons (Fsp3) is 0. The van der Waals surface area contributed by atoms with E-state index in [9.17, 15) is 0 Å². The summed E-state index contributed by atoms with van der Waals surface area (Å²) in [4.78, 5) is 0. The topological polar surface area (TPSA) is 61.9 Å². The molecule has 30 valence electrons. The van der Waals surface area contributed by atoms with Gasteiger partial charge in [0.15, 0.2) is 0 Å². The third kappa shape index (κ3) is 4.07. The summed E-state index contributed by atoms with van der Waals surface area (Å²) in [5.74, 6) is 0.0980. The van der Waals surface area contributed by atoms with E-state index in [0.717, 1.165) is 0 Å². The van der Waals surface area contributed by atoms with Crippen molar-refractivity contribution in [1.82, 2.24) is 3.54 Å². The Balaban J connectivity index is 2.85. The average molecular weight is 180 g/mol. The first kappa shape index (κ1) is 5.07. The van der Waals surface area contributed by atoms with Gasteiger partial charge >= 0.3 is 43.4 Å². The zero-order valence-electron chi connectivity index (χ0n) is 3.08. The van der Waals surface area contributed by atoms with Crippen molar-refractivity contribution in [3.05, 3.63) is 0 Å². The van der Waals surface area contributed by atoms with E-state index in [0.29, 0.717) is 22.8 Å². The van der Waals surface area contributed by atoms with Crippen molar-refractivity contribution in [3.63, 3.8) is 0 Å². The molecule has 0 aromatic carbocycles. The molecule has 0 aliphatic carbocycles. The summed E-state index contributed by atoms with van der Waals surface area (Å²) in [5, 5.41) is 6.46. The van der Waals surface area contributed by atoms with Gasteiger partial charge in [-0.1, -0.05) is 0 Å². The monoisotopic (exact) mass is 181 g/mol. The SMILES string of the molecule is N=C(N)[NH][SnH3]. The first-order valence-corrected chi connectivity index (χ1v) is 4.14. The fourth-order valence-corrected chi connectivity index (χ4v) is 0. The van der Waals surface area contributed by atoms with E-state index in [1.807, 2.05) is 0 Å². The molecule has 0 unspecified atom stereocenters. The van der Waals surface area contributed by atoms with Gasteiger partial charge < -0.3 is 0 Å². The molecule has 0 saturated carbocycles. The molecule has 0 aromatic heterocycles. The summed E-state index contributed by atoms with van der Waals surface area (Å²) in [6.07, 6.45) is 0. The Morgan fingerprint density at radius 3 is 2.20 bits per heavy atom. The van der Waals surface area contributed by atoms with Crippen molar-refractivity contribution in [3.8, 4) is 0 Å². The first-order valence-electron chi connectivity index (χ1n) is 1.29. The number of rotatable bonds is 0. The van der Waals surface area contributed by atoms with E-state index >= 15 is 0 Å². The van der Waals surface area contributed by atoms with Crippen molar-refractivity contribution in [2.24, 2.45) is 5.73 Å². The van der Waals surface area contributed by atoms with Crippen molar-refractivity contribution >= 4 is 28.8 Å². The molecule has 0 radical (unpaired) electrons. The van der Waals surface area contributed by atoms with E-state index in [-0.39, 0.29) is 5.96 Å². The number of guanidine groups is 1. The molecule has 0 aromatic rings. The summed E-state index contributed by atoms with van der Waals surface area (Å²) in [5.41, 5.74) is 4.82. The van der Waals surface area contributed by atoms with Gasteiger partial charge in [0.25, 0.3) is 0 Å². The molecular formula is CH7N3Sn. The average Bonchev–Trinajstić information content (AvgIpc) is 1.38. The van der Waals surface area contributed by atoms with Gasteiger partial charge in [-0.15, -0.1) is 0 Å². The molecule has 3 nitrogen and oxygen atoms in total. The second kappa shape index (κ2) is 2.31. The number of hydrogen-bond donors (Lipinski definition) is 3. The molecule has 4 N–H and O–H groups in total. The number of hydrogen-bond acceptors (Lipinski definition) is 1. The summed E-state index contributed by atoms with van der Waals surface area (Å²) in [7, 11) is 0. The summed E-state index contributed by atoms with van der Waals surface area (Å²) in [6, 6.07) is 0. The van der Waals surface area contributed by atoms with E-state index < -0.39 is 0 Å². The van der Waals surface area contributed by atoms with Crippen LogP contribution in [0.1, 0.15) is 0 Å². The van der Waals surface area contributed by atoms with E-state index in [1.165, 1.54) is 0 Å². The standard InChI is InChI=1S/CH4N3.Sn.3H/c2-1(3)4;;;;/h(H4-,2,3,4);;;;/q-1;+1;;;. The summed E-state index contributed by atoms with van der Waals surface area (Å²) in [6.45, 7) is 0. The van der Waals surface area contributed by atoms with Gasteiger partial charge in [0.2, 0.25) is 0 Å². The Bertz CT molecular complexity index is 42.2. The van der Waals surface area contributed by atoms with Crippen LogP contribution >= 0.6 is 0 Å². The normalized spacial score (nSPS) is 7.20. The van der Waals surface area contributed by atoms with Gasteiger partial charge in [-0.3, -0.25) is 0 Å². The minimum absolute atomic E-state index is 0.0980. The van der Waals surface area contributed by atoms with Gasteiger partial charge in [0, 0.05) is 0 Å². The molecule has 5 heavy (non-hydrogen) atoms. The van der Waals surface area contributed by atoms with Crippen LogP contribution < -0.4 is 9.27 Å². The Kier molecular flexibility index (Phi) is 2.35. The molecule has 0 spiro atoms. The molecule has 0 saturated heterocycles. The Labute approximate surface area is 43.9 Å². The molecule has 0 amide bonds. The summed E-state index contributed by atoms with van der Waals surface area (Å²) < 4.78 is 2.60. The van der Waals surface area contributed by atoms with Crippen LogP contribution in [0.3, 0.4) is 0 Å². The molecule has 0 atom stereocenters. The fourth-order valence-electron chi connectivity index (χ4n) is 0. The Hall–Kier alpha value is 0.0687. The molecule has 0 bridgehead atoms. The first-order chi connectivity index (χ1) is 2.27. The molecule has 0 aliphatic heterocycles. The second-order valence-electron chi connectivity index (χ2n) is 0.664. The van der Waals surface area contributed by atoms with Crippen molar-refractivity contribution < 1.29 is 0 Å². The maximum absolute atomic E-state index is 6.46. The van der Waals surface area contributed by atoms with E-state index in [2.05, 4.69) is 3.54 Å². The van der Waals surface area contributed by atoms with Crippen LogP contribution in [0.4, 0.5) is 0 Å². The van der Waals surface area contributed by atoms with Crippen LogP contribution in [-0.4, -0.2) is 28.8 Å². The van der Waals surface area contributed by atoms with Crippen molar-refractivity contribution in [1.29, 1.82) is 5.41 Å². The van der Waals surface area contributed by atoms with Crippen LogP contribution in [-0.2, 0) is 0 Å². The van der Waals surface area contributed by atoms with Gasteiger partial charge in [-0.05, 0) is 0 Å². The molecule has 0 rings (SSSR count). The molecule has 0 aliphatic rings. The molecule has 4 heteroatoms. The van der Waals surface area contributed by atoms with Gasteiger partial charge in [0.1, 0.15) is 0 Å².